The molecule has 1 unspecified atom stereocenters. The Morgan fingerprint density at radius 1 is 0.800 bits per heavy atom. The van der Waals surface area contributed by atoms with Gasteiger partial charge in [0, 0.05) is 0 Å². The van der Waals surface area contributed by atoms with Gasteiger partial charge in [-0.3, -0.25) is 0 Å². The van der Waals surface area contributed by atoms with Crippen LogP contribution in [0.5, 0.6) is 0 Å². The highest BCUT2D eigenvalue weighted by molar-refractivity contribution is 4.71. The van der Waals surface area contributed by atoms with Gasteiger partial charge >= 0.3 is 0 Å². The Kier molecular flexibility index (Phi) is 12.1. The summed E-state index contributed by atoms with van der Waals surface area (Å²) >= 11 is 0. The summed E-state index contributed by atoms with van der Waals surface area (Å²) in [6.45, 7) is 6.91. The smallest absolute Gasteiger partial charge is 0.0358 e. The van der Waals surface area contributed by atoms with Crippen molar-refractivity contribution in [3.63, 3.8) is 0 Å². The molecule has 0 saturated heterocycles. The minimum absolute atomic E-state index is 0.848. The SMILES string of the molecule is CCC[CH]C(C)CCCCCCCCC. The lowest BCUT2D eigenvalue weighted by atomic mass is 9.97. The van der Waals surface area contributed by atoms with Gasteiger partial charge in [0.25, 0.3) is 0 Å². The average Bonchev–Trinajstić information content (AvgIpc) is 2.25. The fourth-order valence-electron chi connectivity index (χ4n) is 1.99. The molecule has 0 N–H and O–H groups in total. The van der Waals surface area contributed by atoms with Crippen molar-refractivity contribution < 1.29 is 0 Å². The third kappa shape index (κ3) is 11.9. The summed E-state index contributed by atoms with van der Waals surface area (Å²) < 4.78 is 0. The zero-order valence-corrected chi connectivity index (χ0v) is 11.2. The van der Waals surface area contributed by atoms with Gasteiger partial charge in [0.05, 0.1) is 0 Å². The van der Waals surface area contributed by atoms with Crippen molar-refractivity contribution in [2.75, 3.05) is 0 Å². The summed E-state index contributed by atoms with van der Waals surface area (Å²) in [7, 11) is 0. The zero-order chi connectivity index (χ0) is 11.4. The molecule has 0 bridgehead atoms. The van der Waals surface area contributed by atoms with Gasteiger partial charge < -0.3 is 0 Å². The molecule has 0 saturated carbocycles. The monoisotopic (exact) mass is 211 g/mol. The first-order valence-corrected chi connectivity index (χ1v) is 7.14. The molecule has 0 aromatic rings. The molecule has 0 aromatic heterocycles. The molecule has 0 heterocycles. The lowest BCUT2D eigenvalue weighted by molar-refractivity contribution is 0.510. The molecule has 0 rings (SSSR count). The van der Waals surface area contributed by atoms with Gasteiger partial charge in [0.1, 0.15) is 0 Å². The summed E-state index contributed by atoms with van der Waals surface area (Å²) in [6.07, 6.45) is 16.6. The molecule has 0 amide bonds. The van der Waals surface area contributed by atoms with Crippen LogP contribution in [-0.2, 0) is 0 Å². The van der Waals surface area contributed by atoms with Crippen LogP contribution in [0.2, 0.25) is 0 Å². The fourth-order valence-corrected chi connectivity index (χ4v) is 1.99. The minimum Gasteiger partial charge on any atom is -0.0654 e. The van der Waals surface area contributed by atoms with E-state index in [0.717, 1.165) is 5.92 Å². The second-order valence-corrected chi connectivity index (χ2v) is 4.91. The molecule has 0 aliphatic heterocycles. The highest BCUT2D eigenvalue weighted by Crippen LogP contribution is 2.16. The second-order valence-electron chi connectivity index (χ2n) is 4.91. The molecule has 1 radical (unpaired) electrons. The van der Waals surface area contributed by atoms with Gasteiger partial charge in [0.15, 0.2) is 0 Å². The van der Waals surface area contributed by atoms with Crippen LogP contribution in [-0.4, -0.2) is 0 Å². The quantitative estimate of drug-likeness (QED) is 0.381. The van der Waals surface area contributed by atoms with Gasteiger partial charge in [-0.2, -0.15) is 0 Å². The van der Waals surface area contributed by atoms with Crippen LogP contribution in [0, 0.1) is 12.3 Å². The van der Waals surface area contributed by atoms with Crippen molar-refractivity contribution in [1.29, 1.82) is 0 Å². The first-order chi connectivity index (χ1) is 7.31. The number of rotatable bonds is 11. The maximum absolute atomic E-state index is 2.50. The molecular formula is C15H31. The number of hydrogen-bond donors (Lipinski definition) is 0. The standard InChI is InChI=1S/C15H31/c1-4-6-8-9-10-11-12-14-15(3)13-7-5-2/h13,15H,4-12,14H2,1-3H3. The van der Waals surface area contributed by atoms with Crippen LogP contribution in [0.1, 0.15) is 85.0 Å². The number of unbranched alkanes of at least 4 members (excludes halogenated alkanes) is 7. The van der Waals surface area contributed by atoms with E-state index < -0.39 is 0 Å². The van der Waals surface area contributed by atoms with E-state index in [-0.39, 0.29) is 0 Å². The molecule has 91 valence electrons. The normalized spacial score (nSPS) is 13.0. The maximum atomic E-state index is 2.50. The molecular weight excluding hydrogens is 180 g/mol. The molecule has 0 heteroatoms. The largest absolute Gasteiger partial charge is 0.0654 e. The molecule has 0 aliphatic rings. The van der Waals surface area contributed by atoms with Crippen molar-refractivity contribution in [2.24, 2.45) is 5.92 Å². The van der Waals surface area contributed by atoms with Gasteiger partial charge in [-0.15, -0.1) is 0 Å². The summed E-state index contributed by atoms with van der Waals surface area (Å²) in [5.41, 5.74) is 0. The van der Waals surface area contributed by atoms with Crippen LogP contribution in [0.15, 0.2) is 0 Å². The van der Waals surface area contributed by atoms with E-state index in [1.54, 1.807) is 0 Å². The van der Waals surface area contributed by atoms with Crippen molar-refractivity contribution in [1.82, 2.24) is 0 Å². The van der Waals surface area contributed by atoms with Crippen LogP contribution >= 0.6 is 0 Å². The Labute approximate surface area is 97.8 Å². The predicted octanol–water partition coefficient (Wildman–Crippen LogP) is 5.77. The van der Waals surface area contributed by atoms with E-state index >= 15 is 0 Å². The van der Waals surface area contributed by atoms with Gasteiger partial charge in [0.2, 0.25) is 0 Å². The Bertz CT molecular complexity index is 107. The molecule has 0 aliphatic carbocycles. The highest BCUT2D eigenvalue weighted by Gasteiger charge is 2.00. The van der Waals surface area contributed by atoms with E-state index in [1.807, 2.05) is 0 Å². The molecule has 1 atom stereocenters. The van der Waals surface area contributed by atoms with Crippen molar-refractivity contribution in [2.45, 2.75) is 85.0 Å². The molecule has 0 nitrogen and oxygen atoms in total. The van der Waals surface area contributed by atoms with Gasteiger partial charge in [-0.25, -0.2) is 0 Å². The highest BCUT2D eigenvalue weighted by atomic mass is 14.1. The number of hydrogen-bond acceptors (Lipinski definition) is 0. The molecule has 15 heavy (non-hydrogen) atoms. The first kappa shape index (κ1) is 15.0. The van der Waals surface area contributed by atoms with Crippen LogP contribution < -0.4 is 0 Å². The van der Waals surface area contributed by atoms with Crippen molar-refractivity contribution in [3.8, 4) is 0 Å². The topological polar surface area (TPSA) is 0 Å². The Morgan fingerprint density at radius 2 is 1.40 bits per heavy atom. The van der Waals surface area contributed by atoms with E-state index in [0.29, 0.717) is 0 Å². The molecule has 0 fully saturated rings. The first-order valence-electron chi connectivity index (χ1n) is 7.14. The van der Waals surface area contributed by atoms with Gasteiger partial charge in [-0.05, 0) is 12.3 Å². The van der Waals surface area contributed by atoms with E-state index in [2.05, 4.69) is 27.2 Å². The molecule has 0 aromatic carbocycles. The van der Waals surface area contributed by atoms with Gasteiger partial charge in [-0.1, -0.05) is 85.0 Å². The van der Waals surface area contributed by atoms with Crippen molar-refractivity contribution >= 4 is 0 Å². The lowest BCUT2D eigenvalue weighted by Crippen LogP contribution is -1.95. The van der Waals surface area contributed by atoms with Crippen LogP contribution in [0.3, 0.4) is 0 Å². The fraction of sp³-hybridized carbons (Fsp3) is 0.933. The summed E-state index contributed by atoms with van der Waals surface area (Å²) in [6, 6.07) is 0. The van der Waals surface area contributed by atoms with Crippen molar-refractivity contribution in [3.05, 3.63) is 6.42 Å². The lowest BCUT2D eigenvalue weighted by Gasteiger charge is -2.09. The third-order valence-electron chi connectivity index (χ3n) is 3.12. The van der Waals surface area contributed by atoms with E-state index in [1.165, 1.54) is 64.2 Å². The van der Waals surface area contributed by atoms with Crippen LogP contribution in [0.25, 0.3) is 0 Å². The Morgan fingerprint density at radius 3 is 2.00 bits per heavy atom. The summed E-state index contributed by atoms with van der Waals surface area (Å²) in [4.78, 5) is 0. The van der Waals surface area contributed by atoms with E-state index in [9.17, 15) is 0 Å². The van der Waals surface area contributed by atoms with E-state index in [4.69, 9.17) is 0 Å². The maximum Gasteiger partial charge on any atom is -0.0358 e. The van der Waals surface area contributed by atoms with Crippen LogP contribution in [0.4, 0.5) is 0 Å². The average molecular weight is 211 g/mol. The Hall–Kier alpha value is 0. The minimum atomic E-state index is 0.848. The summed E-state index contributed by atoms with van der Waals surface area (Å²) in [5, 5.41) is 0. The molecule has 0 spiro atoms. The Balaban J connectivity index is 3.02. The second kappa shape index (κ2) is 12.1. The summed E-state index contributed by atoms with van der Waals surface area (Å²) in [5.74, 6) is 0.848. The predicted molar refractivity (Wildman–Crippen MR) is 71.0 cm³/mol. The zero-order valence-electron chi connectivity index (χ0n) is 11.2. The third-order valence-corrected chi connectivity index (χ3v) is 3.12.